The van der Waals surface area contributed by atoms with Gasteiger partial charge in [0.2, 0.25) is 10.0 Å². The predicted octanol–water partition coefficient (Wildman–Crippen LogP) is 1.01. The Kier molecular flexibility index (Phi) is 6.01. The van der Waals surface area contributed by atoms with Gasteiger partial charge in [0, 0.05) is 12.6 Å². The lowest BCUT2D eigenvalue weighted by Gasteiger charge is -2.23. The van der Waals surface area contributed by atoms with E-state index in [0.29, 0.717) is 25.4 Å². The van der Waals surface area contributed by atoms with E-state index in [2.05, 4.69) is 16.6 Å². The second kappa shape index (κ2) is 7.04. The third-order valence-electron chi connectivity index (χ3n) is 2.82. The van der Waals surface area contributed by atoms with Crippen LogP contribution in [0.5, 0.6) is 0 Å². The molecule has 0 spiro atoms. The molecule has 0 aromatic heterocycles. The highest BCUT2D eigenvalue weighted by molar-refractivity contribution is 7.89. The molecule has 16 heavy (non-hydrogen) atoms. The van der Waals surface area contributed by atoms with E-state index < -0.39 is 10.0 Å². The Morgan fingerprint density at radius 2 is 2.25 bits per heavy atom. The summed E-state index contributed by atoms with van der Waals surface area (Å²) in [6.07, 6.45) is 6.63. The summed E-state index contributed by atoms with van der Waals surface area (Å²) in [6, 6.07) is 0.379. The van der Waals surface area contributed by atoms with Crippen molar-refractivity contribution in [1.82, 2.24) is 10.0 Å². The van der Waals surface area contributed by atoms with Crippen molar-refractivity contribution in [2.45, 2.75) is 38.1 Å². The minimum Gasteiger partial charge on any atom is -0.314 e. The Bertz CT molecular complexity index is 295. The Labute approximate surface area is 98.6 Å². The van der Waals surface area contributed by atoms with Crippen molar-refractivity contribution in [3.63, 3.8) is 0 Å². The second-order valence-electron chi connectivity index (χ2n) is 4.23. The summed E-state index contributed by atoms with van der Waals surface area (Å²) in [5, 5.41) is 3.35. The number of rotatable bonds is 7. The van der Waals surface area contributed by atoms with Gasteiger partial charge in [0.15, 0.2) is 0 Å². The molecule has 0 aliphatic carbocycles. The highest BCUT2D eigenvalue weighted by atomic mass is 32.2. The van der Waals surface area contributed by atoms with Crippen molar-refractivity contribution in [2.75, 3.05) is 18.8 Å². The normalized spacial score (nSPS) is 21.9. The third kappa shape index (κ3) is 5.63. The minimum atomic E-state index is -3.09. The van der Waals surface area contributed by atoms with Gasteiger partial charge >= 0.3 is 0 Å². The van der Waals surface area contributed by atoms with Crippen LogP contribution in [0.25, 0.3) is 0 Å². The maximum atomic E-state index is 11.6. The zero-order chi connectivity index (χ0) is 11.9. The van der Waals surface area contributed by atoms with E-state index in [1.807, 2.05) is 0 Å². The topological polar surface area (TPSA) is 58.2 Å². The maximum Gasteiger partial charge on any atom is 0.211 e. The van der Waals surface area contributed by atoms with Gasteiger partial charge in [-0.3, -0.25) is 0 Å². The van der Waals surface area contributed by atoms with Crippen LogP contribution >= 0.6 is 0 Å². The van der Waals surface area contributed by atoms with Crippen LogP contribution in [-0.2, 0) is 10.0 Å². The molecule has 1 unspecified atom stereocenters. The largest absolute Gasteiger partial charge is 0.314 e. The molecule has 94 valence electrons. The van der Waals surface area contributed by atoms with Crippen molar-refractivity contribution in [3.8, 4) is 0 Å². The second-order valence-corrected chi connectivity index (χ2v) is 6.15. The fraction of sp³-hybridized carbons (Fsp3) is 0.818. The van der Waals surface area contributed by atoms with Crippen molar-refractivity contribution < 1.29 is 8.42 Å². The van der Waals surface area contributed by atoms with Crippen molar-refractivity contribution in [3.05, 3.63) is 12.7 Å². The van der Waals surface area contributed by atoms with Crippen LogP contribution in [0.3, 0.4) is 0 Å². The minimum absolute atomic E-state index is 0.224. The first kappa shape index (κ1) is 13.7. The van der Waals surface area contributed by atoms with Gasteiger partial charge in [0.25, 0.3) is 0 Å². The molecular weight excluding hydrogens is 224 g/mol. The summed E-state index contributed by atoms with van der Waals surface area (Å²) < 4.78 is 25.7. The molecule has 1 saturated heterocycles. The van der Waals surface area contributed by atoms with Crippen LogP contribution in [0.15, 0.2) is 12.7 Å². The third-order valence-corrected chi connectivity index (χ3v) is 4.23. The van der Waals surface area contributed by atoms with Gasteiger partial charge < -0.3 is 5.32 Å². The lowest BCUT2D eigenvalue weighted by atomic mass is 10.0. The number of piperidine rings is 1. The lowest BCUT2D eigenvalue weighted by molar-refractivity contribution is 0.392. The fourth-order valence-electron chi connectivity index (χ4n) is 1.86. The van der Waals surface area contributed by atoms with Crippen LogP contribution in [0.1, 0.15) is 32.1 Å². The van der Waals surface area contributed by atoms with Crippen LogP contribution in [-0.4, -0.2) is 33.3 Å². The number of hydrogen-bond donors (Lipinski definition) is 2. The Hall–Kier alpha value is -0.390. The van der Waals surface area contributed by atoms with E-state index in [1.54, 1.807) is 6.08 Å². The first-order valence-corrected chi connectivity index (χ1v) is 7.61. The molecule has 1 rings (SSSR count). The average molecular weight is 246 g/mol. The molecule has 1 fully saturated rings. The summed E-state index contributed by atoms with van der Waals surface area (Å²) in [6.45, 7) is 5.04. The molecule has 1 aliphatic heterocycles. The van der Waals surface area contributed by atoms with E-state index in [-0.39, 0.29) is 5.75 Å². The zero-order valence-electron chi connectivity index (χ0n) is 9.74. The molecule has 5 heteroatoms. The maximum absolute atomic E-state index is 11.6. The van der Waals surface area contributed by atoms with E-state index in [4.69, 9.17) is 0 Å². The van der Waals surface area contributed by atoms with E-state index >= 15 is 0 Å². The summed E-state index contributed by atoms with van der Waals surface area (Å²) >= 11 is 0. The number of nitrogens with one attached hydrogen (secondary N) is 2. The van der Waals surface area contributed by atoms with E-state index in [0.717, 1.165) is 13.0 Å². The van der Waals surface area contributed by atoms with Crippen molar-refractivity contribution >= 4 is 10.0 Å². The molecule has 0 aromatic carbocycles. The van der Waals surface area contributed by atoms with Gasteiger partial charge in [-0.2, -0.15) is 0 Å². The molecule has 0 aromatic rings. The first-order chi connectivity index (χ1) is 7.64. The van der Waals surface area contributed by atoms with Gasteiger partial charge in [0.05, 0.1) is 5.75 Å². The van der Waals surface area contributed by atoms with Gasteiger partial charge in [0.1, 0.15) is 0 Å². The Morgan fingerprint density at radius 3 is 2.88 bits per heavy atom. The Morgan fingerprint density at radius 1 is 1.44 bits per heavy atom. The average Bonchev–Trinajstić information content (AvgIpc) is 2.28. The molecule has 1 aliphatic rings. The van der Waals surface area contributed by atoms with Crippen molar-refractivity contribution in [2.24, 2.45) is 0 Å². The van der Waals surface area contributed by atoms with Crippen LogP contribution in [0.4, 0.5) is 0 Å². The number of sulfonamides is 1. The zero-order valence-corrected chi connectivity index (χ0v) is 10.6. The van der Waals surface area contributed by atoms with Gasteiger partial charge in [-0.05, 0) is 32.2 Å². The summed E-state index contributed by atoms with van der Waals surface area (Å²) in [5.41, 5.74) is 0. The molecule has 0 bridgehead atoms. The quantitative estimate of drug-likeness (QED) is 0.521. The van der Waals surface area contributed by atoms with E-state index in [1.165, 1.54) is 12.8 Å². The molecule has 1 heterocycles. The molecule has 2 N–H and O–H groups in total. The highest BCUT2D eigenvalue weighted by Gasteiger charge is 2.16. The Balaban J connectivity index is 2.21. The summed E-state index contributed by atoms with van der Waals surface area (Å²) in [5.74, 6) is 0.224. The standard InChI is InChI=1S/C11H22N2O2S/c1-2-3-9-13-16(14,15)10-7-11-6-4-5-8-12-11/h2,11-13H,1,3-10H2. The fourth-order valence-corrected chi connectivity index (χ4v) is 3.02. The predicted molar refractivity (Wildman–Crippen MR) is 66.9 cm³/mol. The van der Waals surface area contributed by atoms with Gasteiger partial charge in [-0.25, -0.2) is 13.1 Å². The SMILES string of the molecule is C=CCCNS(=O)(=O)CCC1CCCCN1. The van der Waals surface area contributed by atoms with Gasteiger partial charge in [-0.1, -0.05) is 12.5 Å². The smallest absolute Gasteiger partial charge is 0.211 e. The molecule has 0 amide bonds. The molecule has 0 saturated carbocycles. The van der Waals surface area contributed by atoms with Crippen LogP contribution < -0.4 is 10.0 Å². The first-order valence-electron chi connectivity index (χ1n) is 5.95. The van der Waals surface area contributed by atoms with Crippen LogP contribution in [0.2, 0.25) is 0 Å². The monoisotopic (exact) mass is 246 g/mol. The lowest BCUT2D eigenvalue weighted by Crippen LogP contribution is -2.37. The molecular formula is C11H22N2O2S. The number of hydrogen-bond acceptors (Lipinski definition) is 3. The highest BCUT2D eigenvalue weighted by Crippen LogP contribution is 2.10. The van der Waals surface area contributed by atoms with Crippen molar-refractivity contribution in [1.29, 1.82) is 0 Å². The molecule has 4 nitrogen and oxygen atoms in total. The van der Waals surface area contributed by atoms with E-state index in [9.17, 15) is 8.42 Å². The van der Waals surface area contributed by atoms with Gasteiger partial charge in [-0.15, -0.1) is 6.58 Å². The molecule has 1 atom stereocenters. The summed E-state index contributed by atoms with van der Waals surface area (Å²) in [7, 11) is -3.09. The van der Waals surface area contributed by atoms with Crippen LogP contribution in [0, 0.1) is 0 Å². The summed E-state index contributed by atoms with van der Waals surface area (Å²) in [4.78, 5) is 0. The molecule has 0 radical (unpaired) electrons.